The number of phenolic OH excluding ortho intramolecular Hbond substituents is 1. The molecule has 0 aromatic heterocycles. The molecule has 1 heterocycles. The van der Waals surface area contributed by atoms with Crippen molar-refractivity contribution in [1.29, 1.82) is 0 Å². The van der Waals surface area contributed by atoms with E-state index in [1.807, 2.05) is 6.07 Å². The molecule has 6 nitrogen and oxygen atoms in total. The second-order valence-corrected chi connectivity index (χ2v) is 9.66. The van der Waals surface area contributed by atoms with Crippen molar-refractivity contribution >= 4 is 58.0 Å². The van der Waals surface area contributed by atoms with Crippen LogP contribution in [-0.2, 0) is 49.6 Å². The van der Waals surface area contributed by atoms with Gasteiger partial charge in [-0.1, -0.05) is 84.7 Å². The van der Waals surface area contributed by atoms with E-state index in [0.29, 0.717) is 39.8 Å². The van der Waals surface area contributed by atoms with Gasteiger partial charge >= 0.3 is 0 Å². The number of fused-ring (bicyclic) bond motifs is 1. The molecular formula is C25H31Cl5O6Ta. The summed E-state index contributed by atoms with van der Waals surface area (Å²) < 4.78 is 27.6. The molecule has 1 aliphatic heterocycles. The van der Waals surface area contributed by atoms with Crippen LogP contribution in [0, 0.1) is 0 Å². The van der Waals surface area contributed by atoms with Crippen LogP contribution in [0.15, 0.2) is 12.1 Å². The minimum absolute atomic E-state index is 0. The van der Waals surface area contributed by atoms with Crippen molar-refractivity contribution in [3.63, 3.8) is 0 Å². The van der Waals surface area contributed by atoms with Crippen LogP contribution in [0.5, 0.6) is 17.2 Å². The molecule has 0 spiro atoms. The van der Waals surface area contributed by atoms with E-state index in [1.54, 1.807) is 0 Å². The number of rotatable bonds is 13. The van der Waals surface area contributed by atoms with Gasteiger partial charge in [-0.2, -0.15) is 0 Å². The summed E-state index contributed by atoms with van der Waals surface area (Å²) in [7, 11) is 0. The number of ether oxygens (including phenoxy) is 5. The number of aryl methyl sites for hydroxylation is 1. The van der Waals surface area contributed by atoms with Crippen molar-refractivity contribution < 1.29 is 51.2 Å². The first-order valence-corrected chi connectivity index (χ1v) is 13.6. The van der Waals surface area contributed by atoms with Gasteiger partial charge in [0.25, 0.3) is 0 Å². The Balaban J connectivity index is 0.000000445. The van der Waals surface area contributed by atoms with Crippen molar-refractivity contribution in [1.82, 2.24) is 0 Å². The summed E-state index contributed by atoms with van der Waals surface area (Å²) in [6.45, 7) is 8.47. The van der Waals surface area contributed by atoms with E-state index < -0.39 is 0 Å². The smallest absolute Gasteiger partial charge is 0.231 e. The second-order valence-electron chi connectivity index (χ2n) is 7.77. The molecule has 1 radical (unpaired) electrons. The second kappa shape index (κ2) is 19.1. The minimum atomic E-state index is -0.363. The topological polar surface area (TPSA) is 66.4 Å². The Hall–Kier alpha value is -0.0897. The molecule has 1 N–H and O–H groups in total. The maximum Gasteiger partial charge on any atom is 0.231 e. The first-order valence-electron chi connectivity index (χ1n) is 11.7. The van der Waals surface area contributed by atoms with E-state index in [2.05, 4.69) is 19.9 Å². The van der Waals surface area contributed by atoms with Crippen LogP contribution in [0.2, 0.25) is 25.1 Å². The zero-order valence-corrected chi connectivity index (χ0v) is 27.8. The molecule has 2 aromatic rings. The fourth-order valence-corrected chi connectivity index (χ4v) is 4.25. The standard InChI is InChI=1S/C19H30O5.C6HCl5O.Ta/c1-3-5-7-20-8-9-21-10-11-22-14-17-13-19-18(23-15-24-19)12-16(17)6-4-2;7-1-2(8)4(10)6(12)5(11)3(1)9;/h12-13H,3-11,14-15H2,1-2H3;12H;. The van der Waals surface area contributed by atoms with E-state index in [4.69, 9.17) is 81.7 Å². The monoisotopic (exact) mass is 783 g/mol. The molecule has 2 aromatic carbocycles. The predicted molar refractivity (Wildman–Crippen MR) is 146 cm³/mol. The summed E-state index contributed by atoms with van der Waals surface area (Å²) in [5.74, 6) is 1.29. The van der Waals surface area contributed by atoms with E-state index in [9.17, 15) is 5.11 Å². The molecule has 1 aliphatic rings. The number of hydrogen-bond donors (Lipinski definition) is 1. The van der Waals surface area contributed by atoms with Crippen LogP contribution in [0.3, 0.4) is 0 Å². The molecule has 3 rings (SSSR count). The van der Waals surface area contributed by atoms with Gasteiger partial charge in [-0.15, -0.1) is 0 Å². The van der Waals surface area contributed by atoms with Gasteiger partial charge in [0.1, 0.15) is 10.0 Å². The van der Waals surface area contributed by atoms with Crippen LogP contribution in [0.25, 0.3) is 0 Å². The Morgan fingerprint density at radius 1 is 0.703 bits per heavy atom. The summed E-state index contributed by atoms with van der Waals surface area (Å²) in [6.07, 6.45) is 4.38. The molecule has 0 aliphatic carbocycles. The van der Waals surface area contributed by atoms with Crippen molar-refractivity contribution in [2.24, 2.45) is 0 Å². The van der Waals surface area contributed by atoms with Crippen LogP contribution in [0.4, 0.5) is 0 Å². The van der Waals surface area contributed by atoms with E-state index in [-0.39, 0.29) is 53.2 Å². The summed E-state index contributed by atoms with van der Waals surface area (Å²) in [5.41, 5.74) is 2.44. The third-order valence-corrected chi connectivity index (χ3v) is 7.30. The van der Waals surface area contributed by atoms with Crippen LogP contribution in [0.1, 0.15) is 44.2 Å². The summed E-state index contributed by atoms with van der Waals surface area (Å²) in [5, 5.41) is 9.01. The van der Waals surface area contributed by atoms with Crippen LogP contribution < -0.4 is 9.47 Å². The van der Waals surface area contributed by atoms with Gasteiger partial charge < -0.3 is 28.8 Å². The average molecular weight is 786 g/mol. The number of halogens is 5. The third-order valence-electron chi connectivity index (χ3n) is 5.04. The Morgan fingerprint density at radius 3 is 1.73 bits per heavy atom. The number of benzene rings is 2. The molecule has 0 bridgehead atoms. The quantitative estimate of drug-likeness (QED) is 0.125. The van der Waals surface area contributed by atoms with E-state index >= 15 is 0 Å². The summed E-state index contributed by atoms with van der Waals surface area (Å²) in [4.78, 5) is 0. The first-order chi connectivity index (χ1) is 17.3. The zero-order chi connectivity index (χ0) is 26.5. The van der Waals surface area contributed by atoms with Gasteiger partial charge in [-0.05, 0) is 36.1 Å². The maximum absolute atomic E-state index is 9.20. The van der Waals surface area contributed by atoms with Gasteiger partial charge in [0.2, 0.25) is 6.79 Å². The molecule has 0 saturated carbocycles. The zero-order valence-electron chi connectivity index (χ0n) is 20.8. The molecular weight excluding hydrogens is 754 g/mol. The van der Waals surface area contributed by atoms with Crippen LogP contribution >= 0.6 is 58.0 Å². The van der Waals surface area contributed by atoms with Gasteiger partial charge in [-0.3, -0.25) is 0 Å². The van der Waals surface area contributed by atoms with Crippen molar-refractivity contribution in [2.45, 2.75) is 46.1 Å². The first kappa shape index (κ1) is 34.9. The summed E-state index contributed by atoms with van der Waals surface area (Å²) in [6, 6.07) is 4.12. The molecule has 0 unspecified atom stereocenters. The molecule has 0 amide bonds. The fourth-order valence-electron chi connectivity index (χ4n) is 3.12. The average Bonchev–Trinajstić information content (AvgIpc) is 3.34. The van der Waals surface area contributed by atoms with E-state index in [0.717, 1.165) is 43.8 Å². The Kier molecular flexibility index (Phi) is 18.0. The molecule has 207 valence electrons. The molecule has 0 fully saturated rings. The Morgan fingerprint density at radius 2 is 1.19 bits per heavy atom. The van der Waals surface area contributed by atoms with Crippen molar-refractivity contribution in [3.8, 4) is 17.2 Å². The van der Waals surface area contributed by atoms with Gasteiger partial charge in [0, 0.05) is 29.0 Å². The van der Waals surface area contributed by atoms with Crippen molar-refractivity contribution in [2.75, 3.05) is 39.8 Å². The van der Waals surface area contributed by atoms with Gasteiger partial charge in [-0.25, -0.2) is 0 Å². The fraction of sp³-hybridized carbons (Fsp3) is 0.520. The van der Waals surface area contributed by atoms with Crippen LogP contribution in [-0.4, -0.2) is 44.9 Å². The number of aromatic hydroxyl groups is 1. The number of unbranched alkanes of at least 4 members (excludes halogenated alkanes) is 1. The molecule has 37 heavy (non-hydrogen) atoms. The predicted octanol–water partition coefficient (Wildman–Crippen LogP) is 8.37. The molecule has 0 saturated heterocycles. The molecule has 0 atom stereocenters. The largest absolute Gasteiger partial charge is 0.505 e. The van der Waals surface area contributed by atoms with Gasteiger partial charge in [0.15, 0.2) is 17.2 Å². The normalized spacial score (nSPS) is 11.6. The molecule has 12 heteroatoms. The van der Waals surface area contributed by atoms with Crippen molar-refractivity contribution in [3.05, 3.63) is 48.4 Å². The summed E-state index contributed by atoms with van der Waals surface area (Å²) >= 11 is 27.9. The Bertz CT molecular complexity index is 874. The third kappa shape index (κ3) is 11.1. The minimum Gasteiger partial charge on any atom is -0.505 e. The maximum atomic E-state index is 9.20. The number of hydrogen-bond acceptors (Lipinski definition) is 6. The SMILES string of the molecule is CCCCOCCOCCOCc1cc2c(cc1CCC)OCO2.Oc1c(Cl)c(Cl)c(Cl)c(Cl)c1Cl.[Ta]. The van der Waals surface area contributed by atoms with E-state index in [1.165, 1.54) is 11.1 Å². The van der Waals surface area contributed by atoms with Gasteiger partial charge in [0.05, 0.1) is 48.1 Å². The number of phenols is 1. The Labute approximate surface area is 259 Å².